The molecular formula is C16H13ClFNO2. The van der Waals surface area contributed by atoms with Gasteiger partial charge in [-0.3, -0.25) is 0 Å². The largest absolute Gasteiger partial charge is 0.478 e. The highest BCUT2D eigenvalue weighted by molar-refractivity contribution is 6.32. The maximum absolute atomic E-state index is 13.2. The summed E-state index contributed by atoms with van der Waals surface area (Å²) < 4.78 is 13.2. The summed E-state index contributed by atoms with van der Waals surface area (Å²) in [5, 5.41) is 9.03. The Morgan fingerprint density at radius 1 is 1.24 bits per heavy atom. The number of hydrogen-bond donors (Lipinski definition) is 1. The second-order valence-corrected chi connectivity index (χ2v) is 4.82. The van der Waals surface area contributed by atoms with Crippen molar-refractivity contribution in [3.05, 3.63) is 64.9 Å². The van der Waals surface area contributed by atoms with E-state index >= 15 is 0 Å². The minimum absolute atomic E-state index is 0.313. The van der Waals surface area contributed by atoms with Crippen LogP contribution in [0.3, 0.4) is 0 Å². The second kappa shape index (κ2) is 6.41. The van der Waals surface area contributed by atoms with Crippen LogP contribution in [0.2, 0.25) is 5.02 Å². The van der Waals surface area contributed by atoms with Crippen LogP contribution in [0.15, 0.2) is 48.5 Å². The van der Waals surface area contributed by atoms with Gasteiger partial charge in [-0.25, -0.2) is 9.18 Å². The smallest absolute Gasteiger partial charge is 0.328 e. The molecule has 0 saturated heterocycles. The summed E-state index contributed by atoms with van der Waals surface area (Å²) >= 11 is 6.13. The van der Waals surface area contributed by atoms with Crippen molar-refractivity contribution in [3.8, 4) is 0 Å². The molecule has 21 heavy (non-hydrogen) atoms. The molecule has 2 rings (SSSR count). The van der Waals surface area contributed by atoms with E-state index in [0.29, 0.717) is 16.3 Å². The number of nitrogens with zero attached hydrogens (tertiary/aromatic N) is 1. The average Bonchev–Trinajstić information content (AvgIpc) is 2.45. The Bertz CT molecular complexity index is 700. The molecule has 0 aliphatic rings. The number of hydrogen-bond acceptors (Lipinski definition) is 2. The van der Waals surface area contributed by atoms with Gasteiger partial charge >= 0.3 is 5.97 Å². The molecule has 0 radical (unpaired) electrons. The van der Waals surface area contributed by atoms with Crippen molar-refractivity contribution in [1.29, 1.82) is 0 Å². The lowest BCUT2D eigenvalue weighted by molar-refractivity contribution is -0.131. The van der Waals surface area contributed by atoms with Gasteiger partial charge in [0.05, 0.1) is 0 Å². The average molecular weight is 306 g/mol. The summed E-state index contributed by atoms with van der Waals surface area (Å²) in [6.45, 7) is 0. The van der Waals surface area contributed by atoms with Crippen LogP contribution >= 0.6 is 11.6 Å². The van der Waals surface area contributed by atoms with E-state index in [4.69, 9.17) is 16.7 Å². The van der Waals surface area contributed by atoms with Gasteiger partial charge in [0.1, 0.15) is 5.82 Å². The standard InChI is InChI=1S/C16H13ClFNO2/c1-19(13-4-2-3-12(18)9-13)14-7-5-11(15(17)10-14)6-8-16(20)21/h2-10H,1H3,(H,20,21)/b8-6+. The van der Waals surface area contributed by atoms with Crippen molar-refractivity contribution in [2.75, 3.05) is 11.9 Å². The van der Waals surface area contributed by atoms with E-state index in [2.05, 4.69) is 0 Å². The molecule has 0 fully saturated rings. The van der Waals surface area contributed by atoms with Crippen LogP contribution in [0, 0.1) is 5.82 Å². The Labute approximate surface area is 126 Å². The first kappa shape index (κ1) is 15.1. The van der Waals surface area contributed by atoms with E-state index in [1.165, 1.54) is 18.2 Å². The lowest BCUT2D eigenvalue weighted by Crippen LogP contribution is -2.09. The first-order valence-corrected chi connectivity index (χ1v) is 6.55. The van der Waals surface area contributed by atoms with Crippen molar-refractivity contribution in [2.45, 2.75) is 0 Å². The van der Waals surface area contributed by atoms with Crippen molar-refractivity contribution in [2.24, 2.45) is 0 Å². The summed E-state index contributed by atoms with van der Waals surface area (Å²) in [6, 6.07) is 11.4. The second-order valence-electron chi connectivity index (χ2n) is 4.42. The van der Waals surface area contributed by atoms with Gasteiger partial charge in [-0.1, -0.05) is 23.7 Å². The molecule has 0 unspecified atom stereocenters. The zero-order valence-corrected chi connectivity index (χ0v) is 12.0. The normalized spacial score (nSPS) is 10.8. The van der Waals surface area contributed by atoms with Crippen LogP contribution in [0.1, 0.15) is 5.56 Å². The first-order valence-electron chi connectivity index (χ1n) is 6.17. The van der Waals surface area contributed by atoms with Crippen LogP contribution in [0.25, 0.3) is 6.08 Å². The Morgan fingerprint density at radius 2 is 1.95 bits per heavy atom. The molecule has 0 amide bonds. The Morgan fingerprint density at radius 3 is 2.57 bits per heavy atom. The van der Waals surface area contributed by atoms with Gasteiger partial charge in [-0.2, -0.15) is 0 Å². The Balaban J connectivity index is 2.29. The van der Waals surface area contributed by atoms with Gasteiger partial charge in [0.15, 0.2) is 0 Å². The molecule has 0 heterocycles. The number of rotatable bonds is 4. The third-order valence-electron chi connectivity index (χ3n) is 2.97. The number of carbonyl (C=O) groups is 1. The van der Waals surface area contributed by atoms with Crippen LogP contribution in [-0.2, 0) is 4.79 Å². The zero-order chi connectivity index (χ0) is 15.4. The van der Waals surface area contributed by atoms with Crippen molar-refractivity contribution in [1.82, 2.24) is 0 Å². The Hall–Kier alpha value is -2.33. The van der Waals surface area contributed by atoms with Crippen LogP contribution in [-0.4, -0.2) is 18.1 Å². The van der Waals surface area contributed by atoms with Crippen molar-refractivity contribution in [3.63, 3.8) is 0 Å². The molecule has 1 N–H and O–H groups in total. The van der Waals surface area contributed by atoms with E-state index in [1.807, 2.05) is 0 Å². The van der Waals surface area contributed by atoms with E-state index in [-0.39, 0.29) is 5.82 Å². The monoisotopic (exact) mass is 305 g/mol. The first-order chi connectivity index (χ1) is 9.97. The number of carboxylic acids is 1. The SMILES string of the molecule is CN(c1cccc(F)c1)c1ccc(/C=C/C(=O)O)c(Cl)c1. The van der Waals surface area contributed by atoms with E-state index in [1.54, 1.807) is 42.3 Å². The van der Waals surface area contributed by atoms with Gasteiger partial charge in [0.25, 0.3) is 0 Å². The van der Waals surface area contributed by atoms with Gasteiger partial charge in [-0.15, -0.1) is 0 Å². The van der Waals surface area contributed by atoms with Gasteiger partial charge in [0.2, 0.25) is 0 Å². The zero-order valence-electron chi connectivity index (χ0n) is 11.3. The summed E-state index contributed by atoms with van der Waals surface area (Å²) in [4.78, 5) is 12.3. The maximum atomic E-state index is 13.2. The highest BCUT2D eigenvalue weighted by Crippen LogP contribution is 2.29. The van der Waals surface area contributed by atoms with Crippen LogP contribution in [0.4, 0.5) is 15.8 Å². The fraction of sp³-hybridized carbons (Fsp3) is 0.0625. The predicted octanol–water partition coefficient (Wildman–Crippen LogP) is 4.34. The maximum Gasteiger partial charge on any atom is 0.328 e. The molecule has 0 bridgehead atoms. The van der Waals surface area contributed by atoms with E-state index < -0.39 is 5.97 Å². The third kappa shape index (κ3) is 3.83. The quantitative estimate of drug-likeness (QED) is 0.854. The van der Waals surface area contributed by atoms with E-state index in [0.717, 1.165) is 11.8 Å². The van der Waals surface area contributed by atoms with Gasteiger partial charge in [-0.05, 0) is 42.0 Å². The third-order valence-corrected chi connectivity index (χ3v) is 3.30. The molecular weight excluding hydrogens is 293 g/mol. The number of carboxylic acid groups (broad SMARTS) is 1. The molecule has 0 aliphatic carbocycles. The molecule has 5 heteroatoms. The number of benzene rings is 2. The minimum Gasteiger partial charge on any atom is -0.478 e. The van der Waals surface area contributed by atoms with Gasteiger partial charge < -0.3 is 10.0 Å². The lowest BCUT2D eigenvalue weighted by Gasteiger charge is -2.20. The number of anilines is 2. The summed E-state index contributed by atoms with van der Waals surface area (Å²) in [7, 11) is 1.80. The fourth-order valence-corrected chi connectivity index (χ4v) is 2.09. The molecule has 0 aliphatic heterocycles. The number of halogens is 2. The molecule has 108 valence electrons. The molecule has 0 aromatic heterocycles. The molecule has 0 spiro atoms. The predicted molar refractivity (Wildman–Crippen MR) is 82.6 cm³/mol. The summed E-state index contributed by atoms with van der Waals surface area (Å²) in [6.07, 6.45) is 2.45. The molecule has 0 saturated carbocycles. The Kier molecular flexibility index (Phi) is 4.60. The highest BCUT2D eigenvalue weighted by Gasteiger charge is 2.07. The lowest BCUT2D eigenvalue weighted by atomic mass is 10.1. The highest BCUT2D eigenvalue weighted by atomic mass is 35.5. The molecule has 0 atom stereocenters. The summed E-state index contributed by atoms with van der Waals surface area (Å²) in [5.74, 6) is -1.35. The van der Waals surface area contributed by atoms with Gasteiger partial charge in [0, 0.05) is 29.5 Å². The topological polar surface area (TPSA) is 40.5 Å². The molecule has 2 aromatic carbocycles. The summed E-state index contributed by atoms with van der Waals surface area (Å²) in [5.41, 5.74) is 2.08. The molecule has 2 aromatic rings. The number of aliphatic carboxylic acids is 1. The van der Waals surface area contributed by atoms with Crippen LogP contribution in [0.5, 0.6) is 0 Å². The van der Waals surface area contributed by atoms with Crippen LogP contribution < -0.4 is 4.90 Å². The molecule has 3 nitrogen and oxygen atoms in total. The van der Waals surface area contributed by atoms with Crippen molar-refractivity contribution >= 4 is 35.0 Å². The van der Waals surface area contributed by atoms with Crippen molar-refractivity contribution < 1.29 is 14.3 Å². The fourth-order valence-electron chi connectivity index (χ4n) is 1.85. The van der Waals surface area contributed by atoms with E-state index in [9.17, 15) is 9.18 Å². The minimum atomic E-state index is -1.04.